The van der Waals surface area contributed by atoms with Crippen molar-refractivity contribution in [2.24, 2.45) is 16.2 Å². The van der Waals surface area contributed by atoms with Crippen LogP contribution in [0.4, 0.5) is 0 Å². The first-order valence-electron chi connectivity index (χ1n) is 6.92. The van der Waals surface area contributed by atoms with E-state index in [4.69, 9.17) is 0 Å². The van der Waals surface area contributed by atoms with Gasteiger partial charge in [0.05, 0.1) is 0 Å². The van der Waals surface area contributed by atoms with E-state index in [9.17, 15) is 0 Å². The summed E-state index contributed by atoms with van der Waals surface area (Å²) in [5, 5.41) is 3.75. The molecule has 0 saturated carbocycles. The summed E-state index contributed by atoms with van der Waals surface area (Å²) in [6, 6.07) is 0.497. The first-order valence-corrected chi connectivity index (χ1v) is 6.92. The molecule has 1 atom stereocenters. The number of hydrogen-bond acceptors (Lipinski definition) is 1. The van der Waals surface area contributed by atoms with E-state index in [0.29, 0.717) is 11.5 Å². The van der Waals surface area contributed by atoms with Gasteiger partial charge >= 0.3 is 0 Å². The third-order valence-corrected chi connectivity index (χ3v) is 4.69. The summed E-state index contributed by atoms with van der Waals surface area (Å²) in [4.78, 5) is 0. The van der Waals surface area contributed by atoms with Gasteiger partial charge in [-0.25, -0.2) is 0 Å². The predicted octanol–water partition coefficient (Wildman–Crippen LogP) is 4.39. The van der Waals surface area contributed by atoms with Crippen molar-refractivity contribution < 1.29 is 0 Å². The van der Waals surface area contributed by atoms with Crippen molar-refractivity contribution in [2.45, 2.75) is 67.9 Å². The SMILES string of the molecule is CC(C)(C)C1=CCCNC1C(C)(C)C(C)(C)C. The van der Waals surface area contributed by atoms with Gasteiger partial charge in [-0.05, 0) is 29.2 Å². The van der Waals surface area contributed by atoms with Crippen molar-refractivity contribution >= 4 is 0 Å². The molecular weight excluding hydrogens is 206 g/mol. The number of rotatable bonds is 1. The monoisotopic (exact) mass is 237 g/mol. The van der Waals surface area contributed by atoms with Gasteiger partial charge < -0.3 is 5.32 Å². The molecule has 0 fully saturated rings. The van der Waals surface area contributed by atoms with Gasteiger partial charge in [0.2, 0.25) is 0 Å². The molecule has 0 aromatic rings. The molecule has 1 unspecified atom stereocenters. The largest absolute Gasteiger partial charge is 0.309 e. The Labute approximate surface area is 108 Å². The molecule has 0 bridgehead atoms. The van der Waals surface area contributed by atoms with Gasteiger partial charge in [-0.15, -0.1) is 0 Å². The topological polar surface area (TPSA) is 12.0 Å². The summed E-state index contributed by atoms with van der Waals surface area (Å²) < 4.78 is 0. The van der Waals surface area contributed by atoms with Crippen LogP contribution < -0.4 is 5.32 Å². The molecule has 0 aromatic carbocycles. The maximum Gasteiger partial charge on any atom is 0.0341 e. The zero-order valence-electron chi connectivity index (χ0n) is 13.1. The van der Waals surface area contributed by atoms with Crippen molar-refractivity contribution in [2.75, 3.05) is 6.54 Å². The highest BCUT2D eigenvalue weighted by atomic mass is 14.9. The summed E-state index contributed by atoms with van der Waals surface area (Å²) >= 11 is 0. The molecule has 100 valence electrons. The van der Waals surface area contributed by atoms with Crippen LogP contribution in [0.3, 0.4) is 0 Å². The van der Waals surface area contributed by atoms with Crippen molar-refractivity contribution in [1.82, 2.24) is 5.32 Å². The van der Waals surface area contributed by atoms with Crippen LogP contribution in [-0.2, 0) is 0 Å². The van der Waals surface area contributed by atoms with Gasteiger partial charge in [-0.2, -0.15) is 0 Å². The fraction of sp³-hybridized carbons (Fsp3) is 0.875. The van der Waals surface area contributed by atoms with Crippen LogP contribution in [0, 0.1) is 16.2 Å². The van der Waals surface area contributed by atoms with Crippen molar-refractivity contribution in [3.8, 4) is 0 Å². The molecule has 1 heteroatoms. The van der Waals surface area contributed by atoms with E-state index in [0.717, 1.165) is 6.54 Å². The minimum absolute atomic E-state index is 0.256. The second-order valence-electron chi connectivity index (χ2n) is 8.06. The third-order valence-electron chi connectivity index (χ3n) is 4.69. The summed E-state index contributed by atoms with van der Waals surface area (Å²) in [6.45, 7) is 20.0. The van der Waals surface area contributed by atoms with Crippen molar-refractivity contribution in [3.63, 3.8) is 0 Å². The fourth-order valence-electron chi connectivity index (χ4n) is 2.50. The Hall–Kier alpha value is -0.300. The Morgan fingerprint density at radius 1 is 1.00 bits per heavy atom. The van der Waals surface area contributed by atoms with Gasteiger partial charge in [0.25, 0.3) is 0 Å². The van der Waals surface area contributed by atoms with E-state index >= 15 is 0 Å². The maximum absolute atomic E-state index is 3.75. The Bertz CT molecular complexity index is 296. The Morgan fingerprint density at radius 3 is 1.94 bits per heavy atom. The molecule has 0 spiro atoms. The molecule has 0 aliphatic carbocycles. The molecule has 0 amide bonds. The second-order valence-corrected chi connectivity index (χ2v) is 8.06. The molecule has 0 radical (unpaired) electrons. The summed E-state index contributed by atoms with van der Waals surface area (Å²) in [5.74, 6) is 0. The standard InChI is InChI=1S/C16H31N/c1-14(2,3)12-10-9-11-17-13(12)16(7,8)15(4,5)6/h10,13,17H,9,11H2,1-8H3. The number of nitrogens with one attached hydrogen (secondary N) is 1. The fourth-order valence-corrected chi connectivity index (χ4v) is 2.50. The zero-order chi connectivity index (χ0) is 13.5. The molecular formula is C16H31N. The van der Waals surface area contributed by atoms with Crippen LogP contribution in [0.1, 0.15) is 61.8 Å². The molecule has 0 saturated heterocycles. The highest BCUT2D eigenvalue weighted by molar-refractivity contribution is 5.24. The van der Waals surface area contributed by atoms with Gasteiger partial charge in [-0.1, -0.05) is 67.0 Å². The van der Waals surface area contributed by atoms with Crippen molar-refractivity contribution in [3.05, 3.63) is 11.6 Å². The molecule has 1 aliphatic rings. The van der Waals surface area contributed by atoms with Gasteiger partial charge in [-0.3, -0.25) is 0 Å². The first kappa shape index (κ1) is 14.8. The quantitative estimate of drug-likeness (QED) is 0.667. The average Bonchev–Trinajstić information content (AvgIpc) is 2.14. The lowest BCUT2D eigenvalue weighted by Crippen LogP contribution is -2.53. The van der Waals surface area contributed by atoms with Crippen LogP contribution in [-0.4, -0.2) is 12.6 Å². The van der Waals surface area contributed by atoms with Crippen LogP contribution in [0.25, 0.3) is 0 Å². The lowest BCUT2D eigenvalue weighted by atomic mass is 9.60. The van der Waals surface area contributed by atoms with E-state index in [1.165, 1.54) is 6.42 Å². The van der Waals surface area contributed by atoms with Gasteiger partial charge in [0.1, 0.15) is 0 Å². The van der Waals surface area contributed by atoms with E-state index in [1.54, 1.807) is 5.57 Å². The molecule has 1 N–H and O–H groups in total. The van der Waals surface area contributed by atoms with Gasteiger partial charge in [0, 0.05) is 6.04 Å². The van der Waals surface area contributed by atoms with E-state index < -0.39 is 0 Å². The van der Waals surface area contributed by atoms with Crippen LogP contribution in [0.2, 0.25) is 0 Å². The predicted molar refractivity (Wildman–Crippen MR) is 77.2 cm³/mol. The third kappa shape index (κ3) is 2.93. The lowest BCUT2D eigenvalue weighted by Gasteiger charge is -2.50. The number of hydrogen-bond donors (Lipinski definition) is 1. The van der Waals surface area contributed by atoms with E-state index in [1.807, 2.05) is 0 Å². The van der Waals surface area contributed by atoms with Crippen LogP contribution >= 0.6 is 0 Å². The Kier molecular flexibility index (Phi) is 3.84. The summed E-state index contributed by atoms with van der Waals surface area (Å²) in [7, 11) is 0. The average molecular weight is 237 g/mol. The Balaban J connectivity index is 3.12. The zero-order valence-corrected chi connectivity index (χ0v) is 13.1. The maximum atomic E-state index is 3.75. The van der Waals surface area contributed by atoms with Crippen LogP contribution in [0.15, 0.2) is 11.6 Å². The molecule has 1 rings (SSSR count). The van der Waals surface area contributed by atoms with E-state index in [2.05, 4.69) is 66.8 Å². The normalized spacial score (nSPS) is 23.5. The molecule has 17 heavy (non-hydrogen) atoms. The summed E-state index contributed by atoms with van der Waals surface area (Å²) in [5.41, 5.74) is 2.41. The Morgan fingerprint density at radius 2 is 1.53 bits per heavy atom. The van der Waals surface area contributed by atoms with Crippen LogP contribution in [0.5, 0.6) is 0 Å². The summed E-state index contributed by atoms with van der Waals surface area (Å²) in [6.07, 6.45) is 3.64. The lowest BCUT2D eigenvalue weighted by molar-refractivity contribution is 0.0826. The highest BCUT2D eigenvalue weighted by Gasteiger charge is 2.44. The smallest absolute Gasteiger partial charge is 0.0341 e. The van der Waals surface area contributed by atoms with Gasteiger partial charge in [0.15, 0.2) is 0 Å². The highest BCUT2D eigenvalue weighted by Crippen LogP contribution is 2.47. The second kappa shape index (κ2) is 4.42. The minimum atomic E-state index is 0.256. The first-order chi connectivity index (χ1) is 7.48. The molecule has 1 aliphatic heterocycles. The van der Waals surface area contributed by atoms with E-state index in [-0.39, 0.29) is 10.8 Å². The molecule has 0 aromatic heterocycles. The van der Waals surface area contributed by atoms with Crippen molar-refractivity contribution in [1.29, 1.82) is 0 Å². The molecule has 1 nitrogen and oxygen atoms in total. The minimum Gasteiger partial charge on any atom is -0.309 e. The molecule has 1 heterocycles.